The van der Waals surface area contributed by atoms with Crippen molar-refractivity contribution in [3.8, 4) is 0 Å². The fourth-order valence-electron chi connectivity index (χ4n) is 0.335. The largest absolute Gasteiger partial charge is 0.132 e. The Bertz CT molecular complexity index is 50.8. The standard InChI is InChI=1S/C4H15N4/c1-5-8(4,6-2)7-3/h5-7H,1-4H3/q+1. The molecule has 0 heterocycles. The van der Waals surface area contributed by atoms with Crippen molar-refractivity contribution in [1.82, 2.24) is 16.3 Å². The molecule has 0 aliphatic carbocycles. The highest BCUT2D eigenvalue weighted by molar-refractivity contribution is 4.00. The van der Waals surface area contributed by atoms with Gasteiger partial charge in [0.1, 0.15) is 7.05 Å². The summed E-state index contributed by atoms with van der Waals surface area (Å²) in [6.45, 7) is 0. The zero-order chi connectivity index (χ0) is 6.62. The lowest BCUT2D eigenvalue weighted by Crippen LogP contribution is -2.67. The van der Waals surface area contributed by atoms with E-state index in [1.807, 2.05) is 28.2 Å². The third kappa shape index (κ3) is 1.75. The van der Waals surface area contributed by atoms with Crippen LogP contribution in [0.5, 0.6) is 0 Å². The van der Waals surface area contributed by atoms with Gasteiger partial charge >= 0.3 is 0 Å². The molecule has 3 N–H and O–H groups in total. The first-order chi connectivity index (χ1) is 3.68. The molecule has 0 aromatic rings. The first-order valence-electron chi connectivity index (χ1n) is 2.62. The summed E-state index contributed by atoms with van der Waals surface area (Å²) in [7, 11) is 7.56. The van der Waals surface area contributed by atoms with Crippen molar-refractivity contribution in [2.24, 2.45) is 0 Å². The highest BCUT2D eigenvalue weighted by atomic mass is 16.0. The van der Waals surface area contributed by atoms with Crippen molar-refractivity contribution >= 4 is 0 Å². The second-order valence-electron chi connectivity index (χ2n) is 1.68. The Labute approximate surface area is 50.4 Å². The van der Waals surface area contributed by atoms with Crippen LogP contribution in [0.25, 0.3) is 0 Å². The number of hydrogen-bond acceptors (Lipinski definition) is 3. The Balaban J connectivity index is 3.58. The lowest BCUT2D eigenvalue weighted by Gasteiger charge is -2.27. The van der Waals surface area contributed by atoms with Gasteiger partial charge in [0.2, 0.25) is 0 Å². The van der Waals surface area contributed by atoms with Crippen molar-refractivity contribution < 1.29 is 4.81 Å². The number of rotatable bonds is 3. The van der Waals surface area contributed by atoms with Crippen molar-refractivity contribution in [1.29, 1.82) is 0 Å². The van der Waals surface area contributed by atoms with Crippen LogP contribution in [0.3, 0.4) is 0 Å². The molecule has 0 aliphatic heterocycles. The van der Waals surface area contributed by atoms with Crippen molar-refractivity contribution in [2.75, 3.05) is 28.2 Å². The lowest BCUT2D eigenvalue weighted by molar-refractivity contribution is -1.03. The first kappa shape index (κ1) is 7.84. The predicted octanol–water partition coefficient (Wildman–Crippen LogP) is -1.16. The minimum absolute atomic E-state index is 0.458. The second kappa shape index (κ2) is 2.99. The van der Waals surface area contributed by atoms with E-state index in [-0.39, 0.29) is 0 Å². The molecule has 0 atom stereocenters. The summed E-state index contributed by atoms with van der Waals surface area (Å²) in [5.74, 6) is 0. The Morgan fingerprint density at radius 2 is 1.12 bits per heavy atom. The summed E-state index contributed by atoms with van der Waals surface area (Å²) in [4.78, 5) is 0.458. The van der Waals surface area contributed by atoms with Gasteiger partial charge in [0.05, 0.1) is 0 Å². The molecule has 50 valence electrons. The fourth-order valence-corrected chi connectivity index (χ4v) is 0.335. The van der Waals surface area contributed by atoms with Gasteiger partial charge < -0.3 is 0 Å². The Hall–Kier alpha value is -0.160. The van der Waals surface area contributed by atoms with E-state index in [0.717, 1.165) is 0 Å². The molecular formula is C4H15N4+. The molecule has 0 aromatic carbocycles. The quantitative estimate of drug-likeness (QED) is 0.324. The summed E-state index contributed by atoms with van der Waals surface area (Å²) >= 11 is 0. The summed E-state index contributed by atoms with van der Waals surface area (Å²) in [5, 5.41) is 0. The van der Waals surface area contributed by atoms with Gasteiger partial charge in [0.15, 0.2) is 0 Å². The maximum atomic E-state index is 2.99. The van der Waals surface area contributed by atoms with E-state index in [0.29, 0.717) is 4.81 Å². The molecule has 4 nitrogen and oxygen atoms in total. The summed E-state index contributed by atoms with van der Waals surface area (Å²) < 4.78 is 0. The third-order valence-corrected chi connectivity index (χ3v) is 1.34. The summed E-state index contributed by atoms with van der Waals surface area (Å²) in [5.41, 5.74) is 8.98. The number of hydrogen-bond donors (Lipinski definition) is 3. The molecule has 0 aromatic heterocycles. The van der Waals surface area contributed by atoms with Crippen LogP contribution in [-0.2, 0) is 0 Å². The average molecular weight is 119 g/mol. The number of nitrogens with one attached hydrogen (secondary N) is 3. The zero-order valence-corrected chi connectivity index (χ0v) is 5.95. The van der Waals surface area contributed by atoms with Crippen molar-refractivity contribution in [2.45, 2.75) is 0 Å². The monoisotopic (exact) mass is 119 g/mol. The molecule has 0 aliphatic rings. The molecule has 0 unspecified atom stereocenters. The van der Waals surface area contributed by atoms with Crippen LogP contribution in [0.1, 0.15) is 0 Å². The smallest absolute Gasteiger partial charge is 0.124 e. The first-order valence-corrected chi connectivity index (χ1v) is 2.62. The predicted molar refractivity (Wildman–Crippen MR) is 33.4 cm³/mol. The van der Waals surface area contributed by atoms with Gasteiger partial charge in [-0.05, 0) is 0 Å². The van der Waals surface area contributed by atoms with E-state index in [1.54, 1.807) is 0 Å². The molecule has 0 spiro atoms. The molecule has 4 heteroatoms. The fraction of sp³-hybridized carbons (Fsp3) is 1.00. The van der Waals surface area contributed by atoms with Crippen LogP contribution in [0.15, 0.2) is 0 Å². The van der Waals surface area contributed by atoms with Crippen molar-refractivity contribution in [3.63, 3.8) is 0 Å². The highest BCUT2D eigenvalue weighted by Gasteiger charge is 2.11. The summed E-state index contributed by atoms with van der Waals surface area (Å²) in [6.07, 6.45) is 0. The topological polar surface area (TPSA) is 36.1 Å². The zero-order valence-electron chi connectivity index (χ0n) is 5.95. The number of quaternary nitrogens is 1. The van der Waals surface area contributed by atoms with Crippen LogP contribution in [-0.4, -0.2) is 33.0 Å². The van der Waals surface area contributed by atoms with Crippen LogP contribution < -0.4 is 16.3 Å². The molecule has 0 amide bonds. The van der Waals surface area contributed by atoms with Gasteiger partial charge in [0.25, 0.3) is 0 Å². The molecule has 0 saturated carbocycles. The average Bonchev–Trinajstić information content (AvgIpc) is 1.87. The van der Waals surface area contributed by atoms with Crippen LogP contribution in [0.4, 0.5) is 0 Å². The minimum Gasteiger partial charge on any atom is -0.132 e. The van der Waals surface area contributed by atoms with Gasteiger partial charge in [-0.25, -0.2) is 0 Å². The van der Waals surface area contributed by atoms with Gasteiger partial charge in [-0.1, -0.05) is 0 Å². The second-order valence-corrected chi connectivity index (χ2v) is 1.68. The Morgan fingerprint density at radius 1 is 0.875 bits per heavy atom. The minimum atomic E-state index is 0.458. The van der Waals surface area contributed by atoms with Gasteiger partial charge in [-0.2, -0.15) is 0 Å². The van der Waals surface area contributed by atoms with Gasteiger partial charge in [-0.15, -0.1) is 21.1 Å². The molecule has 0 bridgehead atoms. The maximum Gasteiger partial charge on any atom is 0.124 e. The molecule has 0 rings (SSSR count). The normalized spacial score (nSPS) is 12.0. The van der Waals surface area contributed by atoms with Gasteiger partial charge in [-0.3, -0.25) is 0 Å². The number of nitrogens with zero attached hydrogens (tertiary/aromatic N) is 1. The van der Waals surface area contributed by atoms with Crippen LogP contribution in [0, 0.1) is 0 Å². The molecule has 0 fully saturated rings. The molecule has 8 heavy (non-hydrogen) atoms. The van der Waals surface area contributed by atoms with E-state index in [1.165, 1.54) is 0 Å². The van der Waals surface area contributed by atoms with E-state index < -0.39 is 0 Å². The third-order valence-electron chi connectivity index (χ3n) is 1.34. The van der Waals surface area contributed by atoms with Crippen molar-refractivity contribution in [3.05, 3.63) is 0 Å². The van der Waals surface area contributed by atoms with Crippen LogP contribution in [0.2, 0.25) is 0 Å². The van der Waals surface area contributed by atoms with E-state index in [9.17, 15) is 0 Å². The molecular weight excluding hydrogens is 104 g/mol. The van der Waals surface area contributed by atoms with Gasteiger partial charge in [0, 0.05) is 21.1 Å². The van der Waals surface area contributed by atoms with E-state index in [4.69, 9.17) is 0 Å². The summed E-state index contributed by atoms with van der Waals surface area (Å²) in [6, 6.07) is 0. The lowest BCUT2D eigenvalue weighted by atomic mass is 11.1. The van der Waals surface area contributed by atoms with E-state index >= 15 is 0 Å². The molecule has 0 radical (unpaired) electrons. The maximum absolute atomic E-state index is 2.99. The SMILES string of the molecule is CN[N+](C)(NC)NC. The Morgan fingerprint density at radius 3 is 1.12 bits per heavy atom. The van der Waals surface area contributed by atoms with E-state index in [2.05, 4.69) is 16.3 Å². The van der Waals surface area contributed by atoms with Crippen LogP contribution >= 0.6 is 0 Å². The molecule has 0 saturated heterocycles. The highest BCUT2D eigenvalue weighted by Crippen LogP contribution is 1.74. The Kier molecular flexibility index (Phi) is 2.93.